The van der Waals surface area contributed by atoms with Crippen LogP contribution in [-0.4, -0.2) is 29.6 Å². The molecule has 1 saturated carbocycles. The third kappa shape index (κ3) is 5.72. The molecule has 6 nitrogen and oxygen atoms in total. The molecule has 1 aliphatic carbocycles. The number of benzene rings is 2. The highest BCUT2D eigenvalue weighted by atomic mass is 16.6. The highest BCUT2D eigenvalue weighted by molar-refractivity contribution is 5.91. The predicted octanol–water partition coefficient (Wildman–Crippen LogP) is 4.89. The van der Waals surface area contributed by atoms with Crippen LogP contribution >= 0.6 is 0 Å². The van der Waals surface area contributed by atoms with Gasteiger partial charge in [0.05, 0.1) is 6.42 Å². The molecule has 3 rings (SSSR count). The number of fused-ring (bicyclic) bond motifs is 1. The summed E-state index contributed by atoms with van der Waals surface area (Å²) < 4.78 is 16.4. The van der Waals surface area contributed by atoms with E-state index in [9.17, 15) is 14.4 Å². The number of ether oxygens (including phenoxy) is 3. The van der Waals surface area contributed by atoms with Gasteiger partial charge in [0.1, 0.15) is 11.4 Å². The molecule has 2 aromatic carbocycles. The Balaban J connectivity index is 1.71. The molecule has 0 saturated heterocycles. The van der Waals surface area contributed by atoms with E-state index in [2.05, 4.69) is 6.58 Å². The molecule has 0 radical (unpaired) electrons. The maximum absolute atomic E-state index is 12.8. The van der Waals surface area contributed by atoms with Gasteiger partial charge in [-0.1, -0.05) is 43.8 Å². The second-order valence-corrected chi connectivity index (χ2v) is 8.03. The second kappa shape index (κ2) is 9.77. The lowest BCUT2D eigenvalue weighted by molar-refractivity contribution is -0.180. The summed E-state index contributed by atoms with van der Waals surface area (Å²) in [6, 6.07) is 12.9. The lowest BCUT2D eigenvalue weighted by atomic mass is 9.98. The molecule has 0 aromatic heterocycles. The number of carbonyl (C=O) groups excluding carboxylic acids is 3. The molecule has 164 valence electrons. The first-order chi connectivity index (χ1) is 14.8. The molecular formula is C25H28O6. The van der Waals surface area contributed by atoms with Crippen LogP contribution in [0.4, 0.5) is 0 Å². The van der Waals surface area contributed by atoms with E-state index in [1.165, 1.54) is 6.92 Å². The first-order valence-corrected chi connectivity index (χ1v) is 10.6. The zero-order chi connectivity index (χ0) is 22.4. The summed E-state index contributed by atoms with van der Waals surface area (Å²) in [4.78, 5) is 37.5. The lowest BCUT2D eigenvalue weighted by Gasteiger charge is -2.29. The molecule has 1 atom stereocenters. The smallest absolute Gasteiger partial charge is 0.348 e. The van der Waals surface area contributed by atoms with Crippen molar-refractivity contribution in [2.24, 2.45) is 0 Å². The van der Waals surface area contributed by atoms with Crippen molar-refractivity contribution in [3.05, 3.63) is 54.6 Å². The summed E-state index contributed by atoms with van der Waals surface area (Å²) in [6.07, 6.45) is 2.31. The summed E-state index contributed by atoms with van der Waals surface area (Å²) in [5, 5.41) is 1.93. The van der Waals surface area contributed by atoms with Crippen molar-refractivity contribution in [3.63, 3.8) is 0 Å². The van der Waals surface area contributed by atoms with E-state index in [1.54, 1.807) is 12.1 Å². The molecule has 1 aliphatic rings. The molecule has 1 fully saturated rings. The number of hydrogen-bond donors (Lipinski definition) is 0. The van der Waals surface area contributed by atoms with Gasteiger partial charge in [-0.25, -0.2) is 9.59 Å². The molecule has 0 N–H and O–H groups in total. The van der Waals surface area contributed by atoms with E-state index >= 15 is 0 Å². The minimum absolute atomic E-state index is 0.131. The zero-order valence-electron chi connectivity index (χ0n) is 18.0. The lowest BCUT2D eigenvalue weighted by Crippen LogP contribution is -2.39. The Kier molecular flexibility index (Phi) is 7.10. The van der Waals surface area contributed by atoms with Gasteiger partial charge in [-0.2, -0.15) is 0 Å². The number of hydrogen-bond acceptors (Lipinski definition) is 6. The van der Waals surface area contributed by atoms with Crippen LogP contribution in [0.2, 0.25) is 0 Å². The second-order valence-electron chi connectivity index (χ2n) is 8.03. The Morgan fingerprint density at radius 2 is 1.74 bits per heavy atom. The average molecular weight is 424 g/mol. The molecule has 6 heteroatoms. The molecular weight excluding hydrogens is 396 g/mol. The largest absolute Gasteiger partial charge is 0.456 e. The first kappa shape index (κ1) is 22.5. The highest BCUT2D eigenvalue weighted by Crippen LogP contribution is 2.36. The van der Waals surface area contributed by atoms with E-state index in [4.69, 9.17) is 14.2 Å². The number of esters is 3. The van der Waals surface area contributed by atoms with Crippen molar-refractivity contribution in [2.45, 2.75) is 64.1 Å². The van der Waals surface area contributed by atoms with Crippen molar-refractivity contribution in [2.75, 3.05) is 0 Å². The van der Waals surface area contributed by atoms with Crippen LogP contribution in [0.25, 0.3) is 10.8 Å². The van der Waals surface area contributed by atoms with Gasteiger partial charge >= 0.3 is 17.9 Å². The van der Waals surface area contributed by atoms with E-state index in [0.717, 1.165) is 36.5 Å². The van der Waals surface area contributed by atoms with Crippen molar-refractivity contribution >= 4 is 28.7 Å². The normalized spacial score (nSPS) is 15.8. The Hall–Kier alpha value is -3.15. The van der Waals surface area contributed by atoms with Crippen molar-refractivity contribution in [1.29, 1.82) is 0 Å². The molecule has 31 heavy (non-hydrogen) atoms. The van der Waals surface area contributed by atoms with Gasteiger partial charge < -0.3 is 14.2 Å². The van der Waals surface area contributed by atoms with E-state index in [0.29, 0.717) is 12.2 Å². The summed E-state index contributed by atoms with van der Waals surface area (Å²) in [6.45, 7) is 6.97. The fourth-order valence-electron chi connectivity index (χ4n) is 3.78. The predicted molar refractivity (Wildman–Crippen MR) is 116 cm³/mol. The quantitative estimate of drug-likeness (QED) is 0.341. The van der Waals surface area contributed by atoms with Crippen LogP contribution in [0, 0.1) is 0 Å². The molecule has 0 spiro atoms. The van der Waals surface area contributed by atoms with Crippen LogP contribution < -0.4 is 4.74 Å². The molecule has 2 aromatic rings. The van der Waals surface area contributed by atoms with Crippen LogP contribution in [0.15, 0.2) is 54.6 Å². The van der Waals surface area contributed by atoms with Gasteiger partial charge in [-0.3, -0.25) is 4.79 Å². The maximum Gasteiger partial charge on any atom is 0.348 e. The fraction of sp³-hybridized carbons (Fsp3) is 0.400. The summed E-state index contributed by atoms with van der Waals surface area (Å²) in [5.74, 6) is -1.82. The third-order valence-corrected chi connectivity index (χ3v) is 5.64. The average Bonchev–Trinajstić information content (AvgIpc) is 3.21. The zero-order valence-corrected chi connectivity index (χ0v) is 18.0. The molecule has 0 amide bonds. The monoisotopic (exact) mass is 424 g/mol. The summed E-state index contributed by atoms with van der Waals surface area (Å²) in [5.41, 5.74) is -0.431. The number of carbonyl (C=O) groups is 3. The van der Waals surface area contributed by atoms with Gasteiger partial charge in [-0.05, 0) is 61.9 Å². The third-order valence-electron chi connectivity index (χ3n) is 5.64. The minimum Gasteiger partial charge on any atom is -0.456 e. The minimum atomic E-state index is -1.39. The van der Waals surface area contributed by atoms with Crippen molar-refractivity contribution in [1.82, 2.24) is 0 Å². The van der Waals surface area contributed by atoms with Crippen LogP contribution in [0.5, 0.6) is 5.75 Å². The van der Waals surface area contributed by atoms with Crippen molar-refractivity contribution < 1.29 is 28.6 Å². The molecule has 0 heterocycles. The van der Waals surface area contributed by atoms with Gasteiger partial charge in [-0.15, -0.1) is 0 Å². The Morgan fingerprint density at radius 1 is 1.06 bits per heavy atom. The van der Waals surface area contributed by atoms with Gasteiger partial charge in [0, 0.05) is 5.57 Å². The van der Waals surface area contributed by atoms with Gasteiger partial charge in [0.2, 0.25) is 6.10 Å². The summed E-state index contributed by atoms with van der Waals surface area (Å²) in [7, 11) is 0. The molecule has 0 aliphatic heterocycles. The van der Waals surface area contributed by atoms with Gasteiger partial charge in [0.25, 0.3) is 0 Å². The van der Waals surface area contributed by atoms with E-state index < -0.39 is 36.0 Å². The SMILES string of the molecule is C=C(C)C(=O)OC(CC(=O)Oc1ccc2ccccc2c1)C(=O)OC1(CC)CCCC1. The van der Waals surface area contributed by atoms with Crippen LogP contribution in [0.3, 0.4) is 0 Å². The Bertz CT molecular complexity index is 986. The van der Waals surface area contributed by atoms with E-state index in [-0.39, 0.29) is 5.57 Å². The Labute approximate surface area is 182 Å². The van der Waals surface area contributed by atoms with Crippen LogP contribution in [0.1, 0.15) is 52.4 Å². The van der Waals surface area contributed by atoms with E-state index in [1.807, 2.05) is 37.3 Å². The van der Waals surface area contributed by atoms with Crippen molar-refractivity contribution in [3.8, 4) is 5.75 Å². The first-order valence-electron chi connectivity index (χ1n) is 10.6. The van der Waals surface area contributed by atoms with Crippen LogP contribution in [-0.2, 0) is 23.9 Å². The standard InChI is InChI=1S/C25H28O6/c1-4-25(13-7-8-14-25)31-24(28)21(30-23(27)17(2)3)16-22(26)29-20-12-11-18-9-5-6-10-19(18)15-20/h5-6,9-12,15,21H,2,4,7-8,13-14,16H2,1,3H3. The fourth-order valence-corrected chi connectivity index (χ4v) is 3.78. The molecule has 1 unspecified atom stereocenters. The Morgan fingerprint density at radius 3 is 2.39 bits per heavy atom. The highest BCUT2D eigenvalue weighted by Gasteiger charge is 2.39. The maximum atomic E-state index is 12.8. The number of rotatable bonds is 8. The van der Waals surface area contributed by atoms with Gasteiger partial charge in [0.15, 0.2) is 0 Å². The topological polar surface area (TPSA) is 78.9 Å². The molecule has 0 bridgehead atoms. The summed E-state index contributed by atoms with van der Waals surface area (Å²) >= 11 is 0.